The molecule has 2 atom stereocenters. The molecule has 1 fully saturated rings. The Morgan fingerprint density at radius 2 is 2.00 bits per heavy atom. The minimum absolute atomic E-state index is 0. The van der Waals surface area contributed by atoms with Crippen LogP contribution in [0.25, 0.3) is 0 Å². The number of benzene rings is 1. The Hall–Kier alpha value is -0.820. The predicted octanol–water partition coefficient (Wildman–Crippen LogP) is 3.74. The number of nitrogens with zero attached hydrogens (tertiary/aromatic N) is 1. The van der Waals surface area contributed by atoms with Crippen molar-refractivity contribution < 1.29 is 4.74 Å². The van der Waals surface area contributed by atoms with Crippen molar-refractivity contribution in [2.75, 3.05) is 26.2 Å². The third-order valence-corrected chi connectivity index (χ3v) is 3.94. The fourth-order valence-electron chi connectivity index (χ4n) is 2.84. The van der Waals surface area contributed by atoms with Crippen LogP contribution in [0.1, 0.15) is 44.8 Å². The van der Waals surface area contributed by atoms with E-state index < -0.39 is 0 Å². The van der Waals surface area contributed by atoms with Gasteiger partial charge in [0, 0.05) is 32.2 Å². The number of ether oxygens (including phenoxy) is 1. The molecule has 5 heteroatoms. The molecule has 0 bridgehead atoms. The van der Waals surface area contributed by atoms with Crippen LogP contribution in [0, 0.1) is 5.92 Å². The van der Waals surface area contributed by atoms with Crippen molar-refractivity contribution in [3.8, 4) is 0 Å². The Balaban J connectivity index is 0.00000264. The fourth-order valence-corrected chi connectivity index (χ4v) is 2.84. The number of halogens is 1. The average Bonchev–Trinajstić information content (AvgIpc) is 2.58. The summed E-state index contributed by atoms with van der Waals surface area (Å²) in [7, 11) is 0. The molecule has 4 nitrogen and oxygen atoms in total. The summed E-state index contributed by atoms with van der Waals surface area (Å²) in [5.74, 6) is 1.37. The molecule has 1 aliphatic rings. The molecule has 2 rings (SSSR count). The maximum absolute atomic E-state index is 6.04. The van der Waals surface area contributed by atoms with Gasteiger partial charge in [0.2, 0.25) is 0 Å². The molecule has 0 spiro atoms. The lowest BCUT2D eigenvalue weighted by molar-refractivity contribution is -0.0250. The molecule has 2 unspecified atom stereocenters. The van der Waals surface area contributed by atoms with Gasteiger partial charge in [0.05, 0.1) is 6.10 Å². The maximum atomic E-state index is 6.04. The average molecular weight is 431 g/mol. The highest BCUT2D eigenvalue weighted by Crippen LogP contribution is 2.33. The predicted molar refractivity (Wildman–Crippen MR) is 108 cm³/mol. The first-order chi connectivity index (χ1) is 10.8. The van der Waals surface area contributed by atoms with Crippen molar-refractivity contribution in [3.63, 3.8) is 0 Å². The van der Waals surface area contributed by atoms with Crippen LogP contribution in [0.5, 0.6) is 0 Å². The Labute approximate surface area is 157 Å². The second-order valence-corrected chi connectivity index (χ2v) is 5.75. The number of nitrogens with one attached hydrogen (secondary N) is 2. The van der Waals surface area contributed by atoms with E-state index >= 15 is 0 Å². The zero-order valence-electron chi connectivity index (χ0n) is 14.3. The fraction of sp³-hybridized carbons (Fsp3) is 0.611. The summed E-state index contributed by atoms with van der Waals surface area (Å²) < 4.78 is 6.04. The summed E-state index contributed by atoms with van der Waals surface area (Å²) >= 11 is 0. The molecule has 1 aromatic rings. The molecule has 0 saturated carbocycles. The Kier molecular flexibility index (Phi) is 10.3. The van der Waals surface area contributed by atoms with Crippen molar-refractivity contribution in [2.45, 2.75) is 39.2 Å². The standard InChI is InChI=1S/C18H29N3O.HI/c1-3-12-20-18(19-4-2)21-14-16-11-8-13-22-17(16)15-9-6-5-7-10-15;/h5-7,9-10,16-17H,3-4,8,11-14H2,1-2H3,(H2,19,20,21);1H. The van der Waals surface area contributed by atoms with Gasteiger partial charge >= 0.3 is 0 Å². The quantitative estimate of drug-likeness (QED) is 0.410. The first kappa shape index (κ1) is 20.2. The van der Waals surface area contributed by atoms with Crippen LogP contribution in [-0.2, 0) is 4.74 Å². The Morgan fingerprint density at radius 3 is 2.70 bits per heavy atom. The number of hydrogen-bond acceptors (Lipinski definition) is 2. The number of guanidine groups is 1. The van der Waals surface area contributed by atoms with Gasteiger partial charge in [-0.2, -0.15) is 0 Å². The molecular weight excluding hydrogens is 401 g/mol. The van der Waals surface area contributed by atoms with Gasteiger partial charge in [-0.1, -0.05) is 37.3 Å². The largest absolute Gasteiger partial charge is 0.373 e. The SMILES string of the molecule is CCCNC(=NCC1CCCOC1c1ccccc1)NCC.I. The lowest BCUT2D eigenvalue weighted by Gasteiger charge is -2.31. The normalized spacial score (nSPS) is 21.4. The van der Waals surface area contributed by atoms with Crippen LogP contribution in [0.3, 0.4) is 0 Å². The maximum Gasteiger partial charge on any atom is 0.191 e. The van der Waals surface area contributed by atoms with E-state index in [2.05, 4.69) is 54.8 Å². The summed E-state index contributed by atoms with van der Waals surface area (Å²) in [4.78, 5) is 4.76. The molecule has 1 aromatic carbocycles. The van der Waals surface area contributed by atoms with E-state index in [-0.39, 0.29) is 30.1 Å². The summed E-state index contributed by atoms with van der Waals surface area (Å²) in [6.45, 7) is 7.76. The molecule has 0 aromatic heterocycles. The summed E-state index contributed by atoms with van der Waals surface area (Å²) in [6, 6.07) is 10.5. The topological polar surface area (TPSA) is 45.7 Å². The lowest BCUT2D eigenvalue weighted by Crippen LogP contribution is -2.38. The molecular formula is C18H30IN3O. The van der Waals surface area contributed by atoms with E-state index in [4.69, 9.17) is 9.73 Å². The van der Waals surface area contributed by atoms with E-state index in [0.717, 1.165) is 45.0 Å². The van der Waals surface area contributed by atoms with Crippen molar-refractivity contribution in [3.05, 3.63) is 35.9 Å². The van der Waals surface area contributed by atoms with E-state index in [1.165, 1.54) is 12.0 Å². The molecule has 130 valence electrons. The van der Waals surface area contributed by atoms with Gasteiger partial charge in [0.15, 0.2) is 5.96 Å². The summed E-state index contributed by atoms with van der Waals surface area (Å²) in [6.07, 6.45) is 3.58. The number of hydrogen-bond donors (Lipinski definition) is 2. The smallest absolute Gasteiger partial charge is 0.191 e. The molecule has 2 N–H and O–H groups in total. The lowest BCUT2D eigenvalue weighted by atomic mass is 9.89. The highest BCUT2D eigenvalue weighted by molar-refractivity contribution is 14.0. The minimum Gasteiger partial charge on any atom is -0.373 e. The molecule has 1 heterocycles. The Morgan fingerprint density at radius 1 is 1.22 bits per heavy atom. The van der Waals surface area contributed by atoms with Gasteiger partial charge in [0.1, 0.15) is 0 Å². The van der Waals surface area contributed by atoms with E-state index in [1.54, 1.807) is 0 Å². The highest BCUT2D eigenvalue weighted by Gasteiger charge is 2.27. The van der Waals surface area contributed by atoms with E-state index in [1.807, 2.05) is 0 Å². The van der Waals surface area contributed by atoms with Crippen molar-refractivity contribution >= 4 is 29.9 Å². The van der Waals surface area contributed by atoms with Crippen LogP contribution in [0.2, 0.25) is 0 Å². The molecule has 23 heavy (non-hydrogen) atoms. The van der Waals surface area contributed by atoms with Gasteiger partial charge in [-0.25, -0.2) is 0 Å². The second kappa shape index (κ2) is 11.7. The van der Waals surface area contributed by atoms with Crippen molar-refractivity contribution in [2.24, 2.45) is 10.9 Å². The van der Waals surface area contributed by atoms with Crippen LogP contribution in [0.4, 0.5) is 0 Å². The molecule has 0 radical (unpaired) electrons. The minimum atomic E-state index is 0. The molecule has 1 saturated heterocycles. The van der Waals surface area contributed by atoms with Crippen molar-refractivity contribution in [1.82, 2.24) is 10.6 Å². The first-order valence-electron chi connectivity index (χ1n) is 8.53. The van der Waals surface area contributed by atoms with E-state index in [9.17, 15) is 0 Å². The number of rotatable bonds is 6. The molecule has 0 amide bonds. The summed E-state index contributed by atoms with van der Waals surface area (Å²) in [5.41, 5.74) is 1.27. The third kappa shape index (κ3) is 6.67. The van der Waals surface area contributed by atoms with Crippen LogP contribution >= 0.6 is 24.0 Å². The van der Waals surface area contributed by atoms with Crippen molar-refractivity contribution in [1.29, 1.82) is 0 Å². The summed E-state index contributed by atoms with van der Waals surface area (Å²) in [5, 5.41) is 6.67. The van der Waals surface area contributed by atoms with Gasteiger partial charge in [-0.05, 0) is 31.7 Å². The molecule has 1 aliphatic heterocycles. The van der Waals surface area contributed by atoms with Gasteiger partial charge < -0.3 is 15.4 Å². The van der Waals surface area contributed by atoms with Crippen LogP contribution in [-0.4, -0.2) is 32.2 Å². The highest BCUT2D eigenvalue weighted by atomic mass is 127. The van der Waals surface area contributed by atoms with E-state index in [0.29, 0.717) is 5.92 Å². The van der Waals surface area contributed by atoms with Gasteiger partial charge in [-0.3, -0.25) is 4.99 Å². The first-order valence-corrected chi connectivity index (χ1v) is 8.53. The van der Waals surface area contributed by atoms with Gasteiger partial charge in [-0.15, -0.1) is 24.0 Å². The Bertz CT molecular complexity index is 453. The molecule has 0 aliphatic carbocycles. The van der Waals surface area contributed by atoms with Gasteiger partial charge in [0.25, 0.3) is 0 Å². The van der Waals surface area contributed by atoms with Crippen LogP contribution < -0.4 is 10.6 Å². The third-order valence-electron chi connectivity index (χ3n) is 3.94. The monoisotopic (exact) mass is 431 g/mol. The number of aliphatic imine (C=N–C) groups is 1. The zero-order valence-corrected chi connectivity index (χ0v) is 16.6. The zero-order chi connectivity index (χ0) is 15.6. The van der Waals surface area contributed by atoms with Crippen LogP contribution in [0.15, 0.2) is 35.3 Å². The second-order valence-electron chi connectivity index (χ2n) is 5.75.